The number of carbonyl (C=O) groups is 1. The topological polar surface area (TPSA) is 65.6 Å². The van der Waals surface area contributed by atoms with E-state index in [-0.39, 0.29) is 5.78 Å². The number of para-hydroxylation sites is 2. The quantitative estimate of drug-likeness (QED) is 0.339. The average Bonchev–Trinajstić information content (AvgIpc) is 3.34. The number of nitrogens with one attached hydrogen (secondary N) is 1. The fourth-order valence-electron chi connectivity index (χ4n) is 5.44. The van der Waals surface area contributed by atoms with Gasteiger partial charge >= 0.3 is 0 Å². The van der Waals surface area contributed by atoms with Gasteiger partial charge in [-0.05, 0) is 56.0 Å². The van der Waals surface area contributed by atoms with Gasteiger partial charge in [-0.2, -0.15) is 0 Å². The summed E-state index contributed by atoms with van der Waals surface area (Å²) in [7, 11) is 1.63. The Morgan fingerprint density at radius 1 is 1.00 bits per heavy atom. The van der Waals surface area contributed by atoms with Gasteiger partial charge in [0.25, 0.3) is 0 Å². The smallest absolute Gasteiger partial charge is 0.195 e. The summed E-state index contributed by atoms with van der Waals surface area (Å²) in [5.41, 5.74) is 3.62. The molecule has 5 rings (SSSR count). The lowest BCUT2D eigenvalue weighted by Crippen LogP contribution is -2.44. The van der Waals surface area contributed by atoms with Crippen LogP contribution in [0, 0.1) is 5.92 Å². The maximum Gasteiger partial charge on any atom is 0.195 e. The molecule has 0 amide bonds. The number of aliphatic hydroxyl groups excluding tert-OH is 1. The van der Waals surface area contributed by atoms with Gasteiger partial charge in [0.2, 0.25) is 0 Å². The molecule has 1 aliphatic heterocycles. The molecule has 0 bridgehead atoms. The number of H-pyrrole nitrogens is 1. The molecular formula is C30H32N2O3. The summed E-state index contributed by atoms with van der Waals surface area (Å²) in [6, 6.07) is 25.5. The molecule has 2 heterocycles. The van der Waals surface area contributed by atoms with Gasteiger partial charge in [-0.3, -0.25) is 9.69 Å². The van der Waals surface area contributed by atoms with Crippen molar-refractivity contribution in [3.63, 3.8) is 0 Å². The number of piperidine rings is 1. The number of fused-ring (bicyclic) bond motifs is 1. The van der Waals surface area contributed by atoms with E-state index < -0.39 is 12.1 Å². The second-order valence-corrected chi connectivity index (χ2v) is 9.41. The summed E-state index contributed by atoms with van der Waals surface area (Å²) in [4.78, 5) is 19.1. The largest absolute Gasteiger partial charge is 0.496 e. The zero-order valence-corrected chi connectivity index (χ0v) is 20.1. The molecule has 1 aromatic heterocycles. The Hall–Kier alpha value is -3.41. The number of nitrogens with zero attached hydrogens (tertiary/aromatic N) is 1. The van der Waals surface area contributed by atoms with Gasteiger partial charge < -0.3 is 14.8 Å². The Kier molecular flexibility index (Phi) is 6.98. The van der Waals surface area contributed by atoms with E-state index in [4.69, 9.17) is 4.74 Å². The van der Waals surface area contributed by atoms with Crippen molar-refractivity contribution in [1.29, 1.82) is 0 Å². The van der Waals surface area contributed by atoms with E-state index in [1.165, 1.54) is 5.56 Å². The highest BCUT2D eigenvalue weighted by molar-refractivity contribution is 6.10. The van der Waals surface area contributed by atoms with Crippen molar-refractivity contribution in [1.82, 2.24) is 9.88 Å². The third-order valence-corrected chi connectivity index (χ3v) is 7.29. The summed E-state index contributed by atoms with van der Waals surface area (Å²) in [6.07, 6.45) is 3.60. The molecule has 0 unspecified atom stereocenters. The molecule has 0 radical (unpaired) electrons. The third-order valence-electron chi connectivity index (χ3n) is 7.29. The highest BCUT2D eigenvalue weighted by Gasteiger charge is 2.37. The van der Waals surface area contributed by atoms with Crippen molar-refractivity contribution in [3.8, 4) is 5.75 Å². The first-order valence-corrected chi connectivity index (χ1v) is 12.3. The number of hydrogen-bond acceptors (Lipinski definition) is 4. The maximum atomic E-state index is 13.6. The molecule has 2 N–H and O–H groups in total. The van der Waals surface area contributed by atoms with Crippen molar-refractivity contribution in [2.75, 3.05) is 20.2 Å². The molecule has 1 saturated heterocycles. The van der Waals surface area contributed by atoms with Crippen LogP contribution >= 0.6 is 0 Å². The van der Waals surface area contributed by atoms with Crippen molar-refractivity contribution in [3.05, 3.63) is 102 Å². The van der Waals surface area contributed by atoms with Crippen molar-refractivity contribution < 1.29 is 14.6 Å². The molecule has 0 spiro atoms. The molecule has 5 nitrogen and oxygen atoms in total. The minimum atomic E-state index is -1.21. The standard InChI is InChI=1S/C30H32N2O3/c1-35-27-14-8-6-12-24(27)28(30(34)29(33)25-20-31-26-13-7-5-11-23(25)26)32-17-15-22(16-18-32)19-21-9-3-2-4-10-21/h2-14,20,22,28,30-31,34H,15-19H2,1H3/t28-,30+/m0/s1. The third kappa shape index (κ3) is 4.88. The average molecular weight is 469 g/mol. The fourth-order valence-corrected chi connectivity index (χ4v) is 5.44. The van der Waals surface area contributed by atoms with E-state index in [9.17, 15) is 9.90 Å². The molecule has 0 aliphatic carbocycles. The first-order valence-electron chi connectivity index (χ1n) is 12.3. The predicted molar refractivity (Wildman–Crippen MR) is 139 cm³/mol. The van der Waals surface area contributed by atoms with Crippen LogP contribution < -0.4 is 4.74 Å². The number of methoxy groups -OCH3 is 1. The number of Topliss-reactive ketones (excluding diaryl/α,β-unsaturated/α-hetero) is 1. The lowest BCUT2D eigenvalue weighted by Gasteiger charge is -2.40. The predicted octanol–water partition coefficient (Wildman–Crippen LogP) is 5.42. The summed E-state index contributed by atoms with van der Waals surface area (Å²) in [5, 5.41) is 12.4. The van der Waals surface area contributed by atoms with Gasteiger partial charge in [0.1, 0.15) is 11.9 Å². The van der Waals surface area contributed by atoms with Gasteiger partial charge in [0.15, 0.2) is 5.78 Å². The Morgan fingerprint density at radius 3 is 2.46 bits per heavy atom. The minimum absolute atomic E-state index is 0.273. The molecule has 3 aromatic carbocycles. The molecule has 180 valence electrons. The Balaban J connectivity index is 1.41. The van der Waals surface area contributed by atoms with Crippen molar-refractivity contribution in [2.45, 2.75) is 31.4 Å². The second-order valence-electron chi connectivity index (χ2n) is 9.41. The number of rotatable bonds is 8. The van der Waals surface area contributed by atoms with Crippen LogP contribution in [0.15, 0.2) is 85.1 Å². The summed E-state index contributed by atoms with van der Waals surface area (Å²) >= 11 is 0. The molecule has 2 atom stereocenters. The summed E-state index contributed by atoms with van der Waals surface area (Å²) in [5.74, 6) is 1.01. The van der Waals surface area contributed by atoms with Crippen LogP contribution in [0.5, 0.6) is 5.75 Å². The number of ether oxygens (including phenoxy) is 1. The Bertz CT molecular complexity index is 1280. The number of aromatic amines is 1. The number of carbonyl (C=O) groups excluding carboxylic acids is 1. The van der Waals surface area contributed by atoms with Crippen LogP contribution in [-0.2, 0) is 6.42 Å². The first-order chi connectivity index (χ1) is 17.2. The van der Waals surface area contributed by atoms with Gasteiger partial charge in [0, 0.05) is 28.2 Å². The van der Waals surface area contributed by atoms with Crippen molar-refractivity contribution in [2.24, 2.45) is 5.92 Å². The monoisotopic (exact) mass is 468 g/mol. The number of aliphatic hydroxyl groups is 1. The number of hydrogen-bond donors (Lipinski definition) is 2. The Morgan fingerprint density at radius 2 is 1.69 bits per heavy atom. The van der Waals surface area contributed by atoms with Crippen LogP contribution in [-0.4, -0.2) is 47.1 Å². The van der Waals surface area contributed by atoms with E-state index in [1.54, 1.807) is 13.3 Å². The van der Waals surface area contributed by atoms with Crippen LogP contribution in [0.1, 0.15) is 40.4 Å². The lowest BCUT2D eigenvalue weighted by atomic mass is 9.87. The van der Waals surface area contributed by atoms with E-state index in [1.807, 2.05) is 48.5 Å². The lowest BCUT2D eigenvalue weighted by molar-refractivity contribution is 0.0258. The molecule has 1 fully saturated rings. The summed E-state index contributed by atoms with van der Waals surface area (Å²) < 4.78 is 5.65. The van der Waals surface area contributed by atoms with Gasteiger partial charge in [-0.15, -0.1) is 0 Å². The first kappa shape index (κ1) is 23.3. The second kappa shape index (κ2) is 10.5. The van der Waals surface area contributed by atoms with E-state index >= 15 is 0 Å². The number of likely N-dealkylation sites (tertiary alicyclic amines) is 1. The van der Waals surface area contributed by atoms with E-state index in [0.29, 0.717) is 17.2 Å². The van der Waals surface area contributed by atoms with Gasteiger partial charge in [-0.1, -0.05) is 66.7 Å². The highest BCUT2D eigenvalue weighted by Crippen LogP contribution is 2.36. The highest BCUT2D eigenvalue weighted by atomic mass is 16.5. The van der Waals surface area contributed by atoms with Gasteiger partial charge in [-0.25, -0.2) is 0 Å². The van der Waals surface area contributed by atoms with Gasteiger partial charge in [0.05, 0.1) is 13.2 Å². The maximum absolute atomic E-state index is 13.6. The zero-order chi connectivity index (χ0) is 24.2. The van der Waals surface area contributed by atoms with Crippen LogP contribution in [0.2, 0.25) is 0 Å². The molecule has 35 heavy (non-hydrogen) atoms. The molecular weight excluding hydrogens is 436 g/mol. The normalized spacial score (nSPS) is 16.7. The van der Waals surface area contributed by atoms with Crippen molar-refractivity contribution >= 4 is 16.7 Å². The zero-order valence-electron chi connectivity index (χ0n) is 20.1. The molecule has 5 heteroatoms. The molecule has 4 aromatic rings. The Labute approximate surface area is 206 Å². The van der Waals surface area contributed by atoms with Crippen LogP contribution in [0.4, 0.5) is 0 Å². The van der Waals surface area contributed by atoms with Crippen LogP contribution in [0.3, 0.4) is 0 Å². The van der Waals surface area contributed by atoms with Crippen LogP contribution in [0.25, 0.3) is 10.9 Å². The van der Waals surface area contributed by atoms with E-state index in [2.05, 4.69) is 40.2 Å². The molecule has 1 aliphatic rings. The minimum Gasteiger partial charge on any atom is -0.496 e. The number of ketones is 1. The molecule has 0 saturated carbocycles. The SMILES string of the molecule is COc1ccccc1[C@@H]([C@@H](O)C(=O)c1c[nH]c2ccccc12)N1CCC(Cc2ccccc2)CC1. The fraction of sp³-hybridized carbons (Fsp3) is 0.300. The summed E-state index contributed by atoms with van der Waals surface area (Å²) in [6.45, 7) is 1.64. The number of benzene rings is 3. The van der Waals surface area contributed by atoms with E-state index in [0.717, 1.165) is 48.8 Å². The number of aromatic nitrogens is 1.